The molecule has 2 unspecified atom stereocenters. The fraction of sp³-hybridized carbons (Fsp3) is 0.769. The second kappa shape index (κ2) is 5.60. The summed E-state index contributed by atoms with van der Waals surface area (Å²) >= 11 is 4.21. The monoisotopic (exact) mass is 452 g/mol. The van der Waals surface area contributed by atoms with Gasteiger partial charge in [0.1, 0.15) is 16.8 Å². The molecule has 11 heteroatoms. The average molecular weight is 453 g/mol. The van der Waals surface area contributed by atoms with Gasteiger partial charge in [-0.25, -0.2) is 12.8 Å². The molecule has 2 rings (SSSR count). The first-order chi connectivity index (χ1) is 10.6. The number of rotatable bonds is 2. The van der Waals surface area contributed by atoms with Gasteiger partial charge in [-0.3, -0.25) is 4.99 Å². The Morgan fingerprint density at radius 2 is 1.96 bits per heavy atom. The summed E-state index contributed by atoms with van der Waals surface area (Å²) in [5, 5.41) is 0. The molecule has 0 bridgehead atoms. The van der Waals surface area contributed by atoms with Crippen LogP contribution in [0.25, 0.3) is 0 Å². The third-order valence-corrected chi connectivity index (χ3v) is 9.63. The van der Waals surface area contributed by atoms with Gasteiger partial charge >= 0.3 is 6.18 Å². The highest BCUT2D eigenvalue weighted by molar-refractivity contribution is 9.14. The Labute approximate surface area is 150 Å². The van der Waals surface area contributed by atoms with Crippen molar-refractivity contribution in [3.05, 3.63) is 9.89 Å². The van der Waals surface area contributed by atoms with Gasteiger partial charge in [-0.2, -0.15) is 13.2 Å². The van der Waals surface area contributed by atoms with Crippen molar-refractivity contribution in [2.24, 2.45) is 10.7 Å². The van der Waals surface area contributed by atoms with Crippen molar-refractivity contribution >= 4 is 43.4 Å². The molecule has 4 nitrogen and oxygen atoms in total. The summed E-state index contributed by atoms with van der Waals surface area (Å²) in [4.78, 5) is 4.09. The minimum atomic E-state index is -4.73. The quantitative estimate of drug-likeness (QED) is 0.652. The van der Waals surface area contributed by atoms with Crippen LogP contribution in [0, 0.1) is 0 Å². The number of alkyl halides is 4. The van der Waals surface area contributed by atoms with Crippen molar-refractivity contribution in [3.8, 4) is 0 Å². The largest absolute Gasteiger partial charge is 0.391 e. The SMILES string of the molecule is CC1([C@]2(C)CS(=O)(=O)[C@](C)(CC(F)(F)F)C(N)=N2)SC(Br)=CC1F. The van der Waals surface area contributed by atoms with Crippen LogP contribution in [0.2, 0.25) is 0 Å². The lowest BCUT2D eigenvalue weighted by Gasteiger charge is -2.47. The van der Waals surface area contributed by atoms with Gasteiger partial charge in [-0.1, -0.05) is 0 Å². The van der Waals surface area contributed by atoms with E-state index < -0.39 is 55.2 Å². The first kappa shape index (κ1) is 20.0. The lowest BCUT2D eigenvalue weighted by atomic mass is 9.84. The van der Waals surface area contributed by atoms with Gasteiger partial charge in [0, 0.05) is 3.81 Å². The van der Waals surface area contributed by atoms with Crippen LogP contribution in [-0.2, 0) is 9.84 Å². The Morgan fingerprint density at radius 3 is 2.33 bits per heavy atom. The zero-order valence-electron chi connectivity index (χ0n) is 13.1. The second-order valence-electron chi connectivity index (χ2n) is 6.63. The van der Waals surface area contributed by atoms with E-state index in [2.05, 4.69) is 20.9 Å². The highest BCUT2D eigenvalue weighted by atomic mass is 79.9. The van der Waals surface area contributed by atoms with Gasteiger partial charge in [-0.15, -0.1) is 11.8 Å². The molecule has 0 radical (unpaired) electrons. The van der Waals surface area contributed by atoms with Gasteiger partial charge < -0.3 is 5.73 Å². The standard InChI is InChI=1S/C13H17BrF4N2O2S2/c1-10(5-13(16,17)18)9(19)20-11(2,6-24(10,21)22)12(3)7(15)4-8(14)23-12/h4,7H,5-6H2,1-3H3,(H2,19,20)/t7?,10-,11+,12?/m1/s1. The van der Waals surface area contributed by atoms with E-state index in [9.17, 15) is 26.0 Å². The molecule has 0 amide bonds. The molecule has 4 atom stereocenters. The van der Waals surface area contributed by atoms with Crippen molar-refractivity contribution in [2.45, 2.75) is 54.6 Å². The van der Waals surface area contributed by atoms with Crippen molar-refractivity contribution < 1.29 is 26.0 Å². The fourth-order valence-electron chi connectivity index (χ4n) is 2.92. The number of hydrogen-bond acceptors (Lipinski definition) is 5. The zero-order chi connectivity index (χ0) is 18.8. The highest BCUT2D eigenvalue weighted by Crippen LogP contribution is 2.55. The molecule has 0 saturated carbocycles. The van der Waals surface area contributed by atoms with E-state index in [1.165, 1.54) is 19.9 Å². The normalized spacial score (nSPS) is 42.6. The molecule has 2 aliphatic heterocycles. The summed E-state index contributed by atoms with van der Waals surface area (Å²) in [6, 6.07) is 0. The predicted molar refractivity (Wildman–Crippen MR) is 90.8 cm³/mol. The van der Waals surface area contributed by atoms with Crippen LogP contribution in [0.15, 0.2) is 14.9 Å². The van der Waals surface area contributed by atoms with Crippen LogP contribution >= 0.6 is 27.7 Å². The summed E-state index contributed by atoms with van der Waals surface area (Å²) in [6.07, 6.45) is -6.61. The number of halogens is 5. The third kappa shape index (κ3) is 3.00. The second-order valence-corrected chi connectivity index (χ2v) is 11.9. The van der Waals surface area contributed by atoms with Gasteiger partial charge in [-0.05, 0) is 42.8 Å². The number of allylic oxidation sites excluding steroid dienone is 1. The Hall–Kier alpha value is -0.290. The summed E-state index contributed by atoms with van der Waals surface area (Å²) in [5.41, 5.74) is 4.19. The Kier molecular flexibility index (Phi) is 4.68. The molecule has 2 aliphatic rings. The van der Waals surface area contributed by atoms with E-state index in [-0.39, 0.29) is 0 Å². The zero-order valence-corrected chi connectivity index (χ0v) is 16.3. The number of sulfone groups is 1. The molecule has 0 aromatic carbocycles. The van der Waals surface area contributed by atoms with E-state index in [1.54, 1.807) is 0 Å². The van der Waals surface area contributed by atoms with E-state index in [0.29, 0.717) is 3.81 Å². The number of aliphatic imine (C=N–C) groups is 1. The third-order valence-electron chi connectivity index (χ3n) is 4.79. The molecule has 0 aliphatic carbocycles. The first-order valence-corrected chi connectivity index (χ1v) is 10.2. The van der Waals surface area contributed by atoms with Crippen LogP contribution in [0.4, 0.5) is 17.6 Å². The number of amidine groups is 1. The molecule has 138 valence electrons. The van der Waals surface area contributed by atoms with Crippen molar-refractivity contribution in [2.75, 3.05) is 5.75 Å². The van der Waals surface area contributed by atoms with E-state index in [4.69, 9.17) is 5.73 Å². The molecular formula is C13H17BrF4N2O2S2. The summed E-state index contributed by atoms with van der Waals surface area (Å²) in [5.74, 6) is -1.35. The average Bonchev–Trinajstić information content (AvgIpc) is 2.59. The molecule has 2 N–H and O–H groups in total. The molecule has 0 spiro atoms. The van der Waals surface area contributed by atoms with Crippen molar-refractivity contribution in [1.29, 1.82) is 0 Å². The van der Waals surface area contributed by atoms with Crippen LogP contribution in [0.1, 0.15) is 27.2 Å². The van der Waals surface area contributed by atoms with E-state index in [0.717, 1.165) is 18.7 Å². The van der Waals surface area contributed by atoms with Gasteiger partial charge in [0.25, 0.3) is 0 Å². The topological polar surface area (TPSA) is 72.5 Å². The van der Waals surface area contributed by atoms with Crippen molar-refractivity contribution in [1.82, 2.24) is 0 Å². The van der Waals surface area contributed by atoms with Crippen LogP contribution < -0.4 is 5.73 Å². The fourth-order valence-corrected chi connectivity index (χ4v) is 7.53. The predicted octanol–water partition coefficient (Wildman–Crippen LogP) is 3.32. The smallest absolute Gasteiger partial charge is 0.386 e. The molecule has 0 fully saturated rings. The molecule has 24 heavy (non-hydrogen) atoms. The van der Waals surface area contributed by atoms with E-state index in [1.807, 2.05) is 0 Å². The first-order valence-electron chi connectivity index (χ1n) is 6.92. The molecule has 2 heterocycles. The van der Waals surface area contributed by atoms with Gasteiger partial charge in [0.15, 0.2) is 9.84 Å². The van der Waals surface area contributed by atoms with Crippen LogP contribution in [0.3, 0.4) is 0 Å². The number of hydrogen-bond donors (Lipinski definition) is 1. The lowest BCUT2D eigenvalue weighted by Crippen LogP contribution is -2.65. The Morgan fingerprint density at radius 1 is 1.42 bits per heavy atom. The molecule has 0 aromatic heterocycles. The lowest BCUT2D eigenvalue weighted by molar-refractivity contribution is -0.137. The van der Waals surface area contributed by atoms with Crippen LogP contribution in [-0.4, -0.2) is 47.4 Å². The summed E-state index contributed by atoms with van der Waals surface area (Å²) in [7, 11) is -4.32. The van der Waals surface area contributed by atoms with Gasteiger partial charge in [0.2, 0.25) is 0 Å². The summed E-state index contributed by atoms with van der Waals surface area (Å²) in [6.45, 7) is 3.81. The summed E-state index contributed by atoms with van der Waals surface area (Å²) < 4.78 is 75.2. The highest BCUT2D eigenvalue weighted by Gasteiger charge is 2.62. The maximum Gasteiger partial charge on any atom is 0.391 e. The molecule has 0 aromatic rings. The molecule has 0 saturated heterocycles. The van der Waals surface area contributed by atoms with Crippen molar-refractivity contribution in [3.63, 3.8) is 0 Å². The van der Waals surface area contributed by atoms with Crippen LogP contribution in [0.5, 0.6) is 0 Å². The van der Waals surface area contributed by atoms with E-state index >= 15 is 0 Å². The maximum atomic E-state index is 14.5. The van der Waals surface area contributed by atoms with Gasteiger partial charge in [0.05, 0.1) is 22.5 Å². The minimum Gasteiger partial charge on any atom is -0.386 e. The number of nitrogens with two attached hydrogens (primary N) is 1. The minimum absolute atomic E-state index is 0.480. The maximum absolute atomic E-state index is 14.5. The Bertz CT molecular complexity index is 724. The molecular weight excluding hydrogens is 436 g/mol. The number of nitrogens with zero attached hydrogens (tertiary/aromatic N) is 1. The number of thioether (sulfide) groups is 1. The Balaban J connectivity index is 2.55.